The van der Waals surface area contributed by atoms with Gasteiger partial charge in [0.2, 0.25) is 0 Å². The highest BCUT2D eigenvalue weighted by molar-refractivity contribution is 5.93. The maximum absolute atomic E-state index is 12.3. The van der Waals surface area contributed by atoms with Gasteiger partial charge in [0.25, 0.3) is 0 Å². The van der Waals surface area contributed by atoms with Gasteiger partial charge in [0.15, 0.2) is 0 Å². The molecule has 3 aromatic carbocycles. The number of carbonyl (C=O) groups excluding carboxylic acids is 2. The van der Waals surface area contributed by atoms with Crippen LogP contribution in [0.1, 0.15) is 5.56 Å². The zero-order valence-corrected chi connectivity index (χ0v) is 16.5. The first kappa shape index (κ1) is 20.7. The van der Waals surface area contributed by atoms with Crippen molar-refractivity contribution < 1.29 is 19.1 Å². The van der Waals surface area contributed by atoms with Crippen LogP contribution in [0.25, 0.3) is 0 Å². The lowest BCUT2D eigenvalue weighted by atomic mass is 10.2. The highest BCUT2D eigenvalue weighted by Gasteiger charge is 2.18. The largest absolute Gasteiger partial charge is 0.464 e. The summed E-state index contributed by atoms with van der Waals surface area (Å²) in [5, 5.41) is 2.49. The second-order valence-electron chi connectivity index (χ2n) is 6.26. The van der Waals surface area contributed by atoms with E-state index in [2.05, 4.69) is 5.32 Å². The van der Waals surface area contributed by atoms with E-state index in [1.165, 1.54) is 13.3 Å². The van der Waals surface area contributed by atoms with Gasteiger partial charge in [0.05, 0.1) is 7.11 Å². The number of nitrogens with zero attached hydrogens (tertiary/aromatic N) is 1. The number of hydrogen-bond donors (Lipinski definition) is 1. The number of methoxy groups -OCH3 is 1. The number of para-hydroxylation sites is 2. The van der Waals surface area contributed by atoms with Gasteiger partial charge < -0.3 is 14.4 Å². The van der Waals surface area contributed by atoms with Crippen molar-refractivity contribution in [2.75, 3.05) is 12.0 Å². The minimum atomic E-state index is -0.753. The van der Waals surface area contributed by atoms with Gasteiger partial charge in [-0.25, -0.2) is 9.59 Å². The molecule has 0 aliphatic heterocycles. The second kappa shape index (κ2) is 10.5. The van der Waals surface area contributed by atoms with E-state index in [4.69, 9.17) is 9.47 Å². The molecule has 0 heterocycles. The highest BCUT2D eigenvalue weighted by Crippen LogP contribution is 2.26. The summed E-state index contributed by atoms with van der Waals surface area (Å²) in [5.41, 5.74) is 2.41. The SMILES string of the molecule is COC(=O)C(=CN(c1ccccc1)c1ccccc1)NC(=O)OCc1ccccc1. The zero-order chi connectivity index (χ0) is 21.2. The normalized spacial score (nSPS) is 10.8. The first-order valence-electron chi connectivity index (χ1n) is 9.34. The van der Waals surface area contributed by atoms with Crippen molar-refractivity contribution in [3.63, 3.8) is 0 Å². The Hall–Kier alpha value is -4.06. The fraction of sp³-hybridized carbons (Fsp3) is 0.0833. The fourth-order valence-corrected chi connectivity index (χ4v) is 2.72. The number of nitrogens with one attached hydrogen (secondary N) is 1. The van der Waals surface area contributed by atoms with Crippen LogP contribution in [-0.2, 0) is 20.9 Å². The van der Waals surface area contributed by atoms with E-state index in [1.54, 1.807) is 4.90 Å². The van der Waals surface area contributed by atoms with Gasteiger partial charge in [0.1, 0.15) is 12.3 Å². The van der Waals surface area contributed by atoms with Crippen molar-refractivity contribution >= 4 is 23.4 Å². The Labute approximate surface area is 175 Å². The summed E-state index contributed by atoms with van der Waals surface area (Å²) in [6.45, 7) is 0.0855. The second-order valence-corrected chi connectivity index (χ2v) is 6.26. The predicted molar refractivity (Wildman–Crippen MR) is 115 cm³/mol. The number of anilines is 2. The Kier molecular flexibility index (Phi) is 7.22. The molecule has 3 rings (SSSR count). The lowest BCUT2D eigenvalue weighted by Gasteiger charge is -2.22. The van der Waals surface area contributed by atoms with Crippen LogP contribution in [0.4, 0.5) is 16.2 Å². The van der Waals surface area contributed by atoms with Crippen LogP contribution < -0.4 is 10.2 Å². The minimum absolute atomic E-state index is 0.0525. The van der Waals surface area contributed by atoms with Crippen molar-refractivity contribution in [3.05, 3.63) is 108 Å². The topological polar surface area (TPSA) is 67.9 Å². The average molecular weight is 402 g/mol. The summed E-state index contributed by atoms with van der Waals surface area (Å²) in [4.78, 5) is 26.4. The summed E-state index contributed by atoms with van der Waals surface area (Å²) < 4.78 is 10.1. The lowest BCUT2D eigenvalue weighted by Crippen LogP contribution is -2.30. The molecule has 0 fully saturated rings. The maximum atomic E-state index is 12.3. The summed E-state index contributed by atoms with van der Waals surface area (Å²) >= 11 is 0. The van der Waals surface area contributed by atoms with E-state index in [1.807, 2.05) is 91.0 Å². The van der Waals surface area contributed by atoms with E-state index in [9.17, 15) is 9.59 Å². The van der Waals surface area contributed by atoms with E-state index < -0.39 is 12.1 Å². The monoisotopic (exact) mass is 402 g/mol. The van der Waals surface area contributed by atoms with Crippen molar-refractivity contribution in [1.82, 2.24) is 5.32 Å². The molecular formula is C24H22N2O4. The zero-order valence-electron chi connectivity index (χ0n) is 16.5. The van der Waals surface area contributed by atoms with Crippen molar-refractivity contribution in [2.45, 2.75) is 6.61 Å². The lowest BCUT2D eigenvalue weighted by molar-refractivity contribution is -0.136. The van der Waals surface area contributed by atoms with Crippen molar-refractivity contribution in [1.29, 1.82) is 0 Å². The molecule has 6 nitrogen and oxygen atoms in total. The molecule has 0 spiro atoms. The van der Waals surface area contributed by atoms with E-state index >= 15 is 0 Å². The Balaban J connectivity index is 1.84. The molecule has 0 aliphatic rings. The predicted octanol–water partition coefficient (Wildman–Crippen LogP) is 4.77. The Bertz CT molecular complexity index is 950. The van der Waals surface area contributed by atoms with E-state index in [0.29, 0.717) is 0 Å². The highest BCUT2D eigenvalue weighted by atomic mass is 16.6. The molecule has 30 heavy (non-hydrogen) atoms. The summed E-state index contributed by atoms with van der Waals surface area (Å²) in [7, 11) is 1.25. The van der Waals surface area contributed by atoms with Crippen LogP contribution in [0.15, 0.2) is 103 Å². The fourth-order valence-electron chi connectivity index (χ4n) is 2.72. The molecule has 152 valence electrons. The van der Waals surface area contributed by atoms with Gasteiger partial charge in [-0.3, -0.25) is 5.32 Å². The minimum Gasteiger partial charge on any atom is -0.464 e. The number of benzene rings is 3. The molecule has 0 bridgehead atoms. The van der Waals surface area contributed by atoms with Crippen LogP contribution in [0, 0.1) is 0 Å². The van der Waals surface area contributed by atoms with Crippen molar-refractivity contribution in [3.8, 4) is 0 Å². The molecule has 0 radical (unpaired) electrons. The van der Waals surface area contributed by atoms with Crippen molar-refractivity contribution in [2.24, 2.45) is 0 Å². The molecule has 0 atom stereocenters. The molecule has 0 aliphatic carbocycles. The third-order valence-corrected chi connectivity index (χ3v) is 4.18. The quantitative estimate of drug-likeness (QED) is 0.456. The van der Waals surface area contributed by atoms with Crippen LogP contribution in [-0.4, -0.2) is 19.2 Å². The third kappa shape index (κ3) is 5.72. The average Bonchev–Trinajstić information content (AvgIpc) is 2.81. The summed E-state index contributed by atoms with van der Waals surface area (Å²) in [5.74, 6) is -0.691. The molecule has 1 N–H and O–H groups in total. The number of hydrogen-bond acceptors (Lipinski definition) is 5. The Morgan fingerprint density at radius 2 is 1.33 bits per heavy atom. The number of rotatable bonds is 7. The Morgan fingerprint density at radius 3 is 1.83 bits per heavy atom. The molecular weight excluding hydrogens is 380 g/mol. The van der Waals surface area contributed by atoms with Gasteiger partial charge in [0, 0.05) is 17.6 Å². The maximum Gasteiger partial charge on any atom is 0.412 e. The van der Waals surface area contributed by atoms with Crippen LogP contribution in [0.5, 0.6) is 0 Å². The van der Waals surface area contributed by atoms with Crippen LogP contribution >= 0.6 is 0 Å². The smallest absolute Gasteiger partial charge is 0.412 e. The van der Waals surface area contributed by atoms with Gasteiger partial charge in [-0.2, -0.15) is 0 Å². The molecule has 0 aromatic heterocycles. The molecule has 1 amide bonds. The van der Waals surface area contributed by atoms with Crippen LogP contribution in [0.3, 0.4) is 0 Å². The summed E-state index contributed by atoms with van der Waals surface area (Å²) in [6.07, 6.45) is 0.761. The number of amides is 1. The number of esters is 1. The molecule has 0 unspecified atom stereocenters. The molecule has 3 aromatic rings. The van der Waals surface area contributed by atoms with E-state index in [-0.39, 0.29) is 12.3 Å². The standard InChI is InChI=1S/C24H22N2O4/c1-29-23(27)22(25-24(28)30-18-19-11-5-2-6-12-19)17-26(20-13-7-3-8-14-20)21-15-9-4-10-16-21/h2-17H,18H2,1H3,(H,25,28). The summed E-state index contributed by atoms with van der Waals surface area (Å²) in [6, 6.07) is 28.2. The molecule has 0 saturated carbocycles. The molecule has 6 heteroatoms. The number of ether oxygens (including phenoxy) is 2. The Morgan fingerprint density at radius 1 is 0.833 bits per heavy atom. The third-order valence-electron chi connectivity index (χ3n) is 4.18. The first-order valence-corrected chi connectivity index (χ1v) is 9.34. The van der Waals surface area contributed by atoms with Gasteiger partial charge in [-0.1, -0.05) is 66.7 Å². The molecule has 0 saturated heterocycles. The van der Waals surface area contributed by atoms with Gasteiger partial charge in [-0.05, 0) is 29.8 Å². The van der Waals surface area contributed by atoms with Crippen LogP contribution in [0.2, 0.25) is 0 Å². The number of alkyl carbamates (subject to hydrolysis) is 1. The van der Waals surface area contributed by atoms with Gasteiger partial charge in [-0.15, -0.1) is 0 Å². The van der Waals surface area contributed by atoms with E-state index in [0.717, 1.165) is 16.9 Å². The first-order chi connectivity index (χ1) is 14.7. The van der Waals surface area contributed by atoms with Gasteiger partial charge >= 0.3 is 12.1 Å². The number of carbonyl (C=O) groups is 2.